The van der Waals surface area contributed by atoms with Crippen LogP contribution in [0.5, 0.6) is 0 Å². The molecule has 1 aromatic rings. The second-order valence-corrected chi connectivity index (χ2v) is 7.18. The number of hydrogen-bond acceptors (Lipinski definition) is 5. The van der Waals surface area contributed by atoms with E-state index in [9.17, 15) is 26.4 Å². The van der Waals surface area contributed by atoms with Crippen molar-refractivity contribution in [1.29, 1.82) is 0 Å². The minimum atomic E-state index is -5.14. The zero-order valence-corrected chi connectivity index (χ0v) is 13.9. The van der Waals surface area contributed by atoms with Crippen LogP contribution in [0.25, 0.3) is 0 Å². The number of nitrogens with zero attached hydrogens (tertiary/aromatic N) is 2. The first kappa shape index (κ1) is 18.7. The molecule has 1 aromatic heterocycles. The van der Waals surface area contributed by atoms with Gasteiger partial charge in [-0.05, 0) is 31.7 Å². The van der Waals surface area contributed by atoms with Crippen LogP contribution < -0.4 is 4.72 Å². The van der Waals surface area contributed by atoms with Gasteiger partial charge in [0.15, 0.2) is 5.03 Å². The maximum absolute atomic E-state index is 13.8. The number of rotatable bonds is 6. The number of aryl methyl sites for hydroxylation is 1. The predicted octanol–water partition coefficient (Wildman–Crippen LogP) is 1.36. The number of ether oxygens (including phenoxy) is 1. The molecule has 1 atom stereocenters. The van der Waals surface area contributed by atoms with Crippen LogP contribution in [-0.4, -0.2) is 42.5 Å². The summed E-state index contributed by atoms with van der Waals surface area (Å²) in [5, 5.41) is 3.16. The zero-order chi connectivity index (χ0) is 18.2. The summed E-state index contributed by atoms with van der Waals surface area (Å²) in [6.45, 7) is 1.06. The molecule has 24 heavy (non-hydrogen) atoms. The third-order valence-corrected chi connectivity index (χ3v) is 5.65. The van der Waals surface area contributed by atoms with Crippen molar-refractivity contribution in [3.05, 3.63) is 12.3 Å². The number of aromatic nitrogens is 2. The second-order valence-electron chi connectivity index (χ2n) is 5.55. The summed E-state index contributed by atoms with van der Waals surface area (Å²) in [5.74, 6) is -2.84. The summed E-state index contributed by atoms with van der Waals surface area (Å²) < 4.78 is 73.5. The average Bonchev–Trinajstić information content (AvgIpc) is 2.81. The molecule has 1 N–H and O–H groups in total. The Labute approximate surface area is 137 Å². The fraction of sp³-hybridized carbons (Fsp3) is 0.692. The van der Waals surface area contributed by atoms with E-state index in [1.54, 1.807) is 4.72 Å². The summed E-state index contributed by atoms with van der Waals surface area (Å²) >= 11 is 0. The normalized spacial score (nSPS) is 18.7. The van der Waals surface area contributed by atoms with Crippen LogP contribution in [0.15, 0.2) is 17.3 Å². The fourth-order valence-electron chi connectivity index (χ4n) is 2.67. The molecule has 1 saturated carbocycles. The number of sulfonamides is 1. The Balaban J connectivity index is 2.53. The summed E-state index contributed by atoms with van der Waals surface area (Å²) in [4.78, 5) is 12.2. The SMILES string of the molecule is CCOC(=O)C(NS(=O)(=O)c1ccnn1C)(C1CCC1)C(F)(F)F. The second kappa shape index (κ2) is 6.36. The van der Waals surface area contributed by atoms with Crippen molar-refractivity contribution in [3.8, 4) is 0 Å². The molecule has 0 spiro atoms. The van der Waals surface area contributed by atoms with Crippen molar-refractivity contribution in [1.82, 2.24) is 14.5 Å². The monoisotopic (exact) mass is 369 g/mol. The number of nitrogens with one attached hydrogen (secondary N) is 1. The molecule has 1 fully saturated rings. The highest BCUT2D eigenvalue weighted by molar-refractivity contribution is 7.89. The smallest absolute Gasteiger partial charge is 0.418 e. The van der Waals surface area contributed by atoms with Gasteiger partial charge in [0.25, 0.3) is 10.0 Å². The maximum atomic E-state index is 13.8. The Morgan fingerprint density at radius 3 is 2.46 bits per heavy atom. The Hall–Kier alpha value is -1.62. The first-order valence-electron chi connectivity index (χ1n) is 7.32. The van der Waals surface area contributed by atoms with E-state index in [0.717, 1.165) is 16.9 Å². The lowest BCUT2D eigenvalue weighted by atomic mass is 9.70. The molecule has 1 aliphatic rings. The van der Waals surface area contributed by atoms with Crippen molar-refractivity contribution in [2.24, 2.45) is 13.0 Å². The van der Waals surface area contributed by atoms with E-state index in [4.69, 9.17) is 0 Å². The molecule has 0 saturated heterocycles. The van der Waals surface area contributed by atoms with Gasteiger partial charge in [0, 0.05) is 7.05 Å². The number of carbonyl (C=O) groups is 1. The van der Waals surface area contributed by atoms with Crippen molar-refractivity contribution < 1.29 is 31.1 Å². The summed E-state index contributed by atoms with van der Waals surface area (Å²) in [6, 6.07) is 1.05. The Kier molecular flexibility index (Phi) is 4.96. The minimum Gasteiger partial charge on any atom is -0.464 e. The highest BCUT2D eigenvalue weighted by Gasteiger charge is 2.68. The summed E-state index contributed by atoms with van der Waals surface area (Å²) in [7, 11) is -3.37. The van der Waals surface area contributed by atoms with Crippen LogP contribution in [0.3, 0.4) is 0 Å². The molecular weight excluding hydrogens is 351 g/mol. The first-order valence-corrected chi connectivity index (χ1v) is 8.80. The number of esters is 1. The fourth-order valence-corrected chi connectivity index (χ4v) is 4.20. The molecule has 1 heterocycles. The van der Waals surface area contributed by atoms with Gasteiger partial charge in [-0.25, -0.2) is 13.2 Å². The van der Waals surface area contributed by atoms with Crippen molar-refractivity contribution in [2.45, 2.75) is 42.9 Å². The third-order valence-electron chi connectivity index (χ3n) is 4.11. The molecule has 11 heteroatoms. The van der Waals surface area contributed by atoms with Crippen molar-refractivity contribution in [2.75, 3.05) is 6.61 Å². The van der Waals surface area contributed by atoms with E-state index in [0.29, 0.717) is 6.42 Å². The largest absolute Gasteiger partial charge is 0.464 e. The van der Waals surface area contributed by atoms with Gasteiger partial charge in [0.2, 0.25) is 5.54 Å². The van der Waals surface area contributed by atoms with E-state index in [-0.39, 0.29) is 19.4 Å². The topological polar surface area (TPSA) is 90.3 Å². The number of alkyl halides is 3. The molecule has 0 radical (unpaired) electrons. The molecule has 0 aromatic carbocycles. The lowest BCUT2D eigenvalue weighted by Gasteiger charge is -2.43. The lowest BCUT2D eigenvalue weighted by Crippen LogP contribution is -2.69. The molecular formula is C13H18F3N3O4S. The molecule has 1 aliphatic carbocycles. The molecule has 7 nitrogen and oxygen atoms in total. The van der Waals surface area contributed by atoms with E-state index in [2.05, 4.69) is 9.84 Å². The van der Waals surface area contributed by atoms with Crippen LogP contribution >= 0.6 is 0 Å². The van der Waals surface area contributed by atoms with Crippen molar-refractivity contribution in [3.63, 3.8) is 0 Å². The molecule has 0 aliphatic heterocycles. The first-order chi connectivity index (χ1) is 11.1. The minimum absolute atomic E-state index is 0.0756. The number of halogens is 3. The summed E-state index contributed by atoms with van der Waals surface area (Å²) in [6.07, 6.45) is -3.37. The maximum Gasteiger partial charge on any atom is 0.418 e. The molecule has 0 bridgehead atoms. The molecule has 136 valence electrons. The Morgan fingerprint density at radius 1 is 1.46 bits per heavy atom. The molecule has 0 amide bonds. The van der Waals surface area contributed by atoms with Crippen LogP contribution in [0.4, 0.5) is 13.2 Å². The van der Waals surface area contributed by atoms with E-state index < -0.39 is 38.7 Å². The highest BCUT2D eigenvalue weighted by Crippen LogP contribution is 2.47. The van der Waals surface area contributed by atoms with E-state index in [1.165, 1.54) is 14.0 Å². The standard InChI is InChI=1S/C13H18F3N3O4S/c1-3-23-11(20)12(13(14,15)16,9-5-4-6-9)18-24(21,22)10-7-8-17-19(10)2/h7-9,18H,3-6H2,1-2H3. The van der Waals surface area contributed by atoms with Gasteiger partial charge in [-0.1, -0.05) is 6.42 Å². The average molecular weight is 369 g/mol. The van der Waals surface area contributed by atoms with Gasteiger partial charge in [-0.3, -0.25) is 4.68 Å². The van der Waals surface area contributed by atoms with Gasteiger partial charge in [-0.15, -0.1) is 0 Å². The van der Waals surface area contributed by atoms with Gasteiger partial charge in [-0.2, -0.15) is 23.0 Å². The van der Waals surface area contributed by atoms with Gasteiger partial charge in [0.05, 0.1) is 12.8 Å². The van der Waals surface area contributed by atoms with Crippen LogP contribution in [0.1, 0.15) is 26.2 Å². The van der Waals surface area contributed by atoms with Gasteiger partial charge < -0.3 is 4.74 Å². The van der Waals surface area contributed by atoms with Crippen LogP contribution in [0.2, 0.25) is 0 Å². The number of carbonyl (C=O) groups excluding carboxylic acids is 1. The lowest BCUT2D eigenvalue weighted by molar-refractivity contribution is -0.226. The quantitative estimate of drug-likeness (QED) is 0.765. The molecule has 2 rings (SSSR count). The highest BCUT2D eigenvalue weighted by atomic mass is 32.2. The zero-order valence-electron chi connectivity index (χ0n) is 13.1. The number of hydrogen-bond donors (Lipinski definition) is 1. The molecule has 1 unspecified atom stereocenters. The van der Waals surface area contributed by atoms with Crippen LogP contribution in [0, 0.1) is 5.92 Å². The van der Waals surface area contributed by atoms with E-state index >= 15 is 0 Å². The predicted molar refractivity (Wildman–Crippen MR) is 76.3 cm³/mol. The van der Waals surface area contributed by atoms with Gasteiger partial charge >= 0.3 is 12.1 Å². The Bertz CT molecular complexity index is 712. The Morgan fingerprint density at radius 2 is 2.08 bits per heavy atom. The summed E-state index contributed by atoms with van der Waals surface area (Å²) in [5.41, 5.74) is -3.30. The third kappa shape index (κ3) is 3.02. The van der Waals surface area contributed by atoms with Gasteiger partial charge in [0.1, 0.15) is 0 Å². The van der Waals surface area contributed by atoms with Crippen LogP contribution in [-0.2, 0) is 26.6 Å². The van der Waals surface area contributed by atoms with E-state index in [1.807, 2.05) is 0 Å². The van der Waals surface area contributed by atoms with Crippen molar-refractivity contribution >= 4 is 16.0 Å².